The van der Waals surface area contributed by atoms with Crippen molar-refractivity contribution in [1.29, 1.82) is 0 Å². The van der Waals surface area contributed by atoms with E-state index < -0.39 is 0 Å². The van der Waals surface area contributed by atoms with Crippen molar-refractivity contribution < 1.29 is 4.74 Å². The molecule has 1 fully saturated rings. The molecule has 106 valence electrons. The average Bonchev–Trinajstić information content (AvgIpc) is 2.29. The van der Waals surface area contributed by atoms with E-state index in [1.807, 2.05) is 24.3 Å². The van der Waals surface area contributed by atoms with Gasteiger partial charge in [0, 0.05) is 26.2 Å². The van der Waals surface area contributed by atoms with E-state index in [0.717, 1.165) is 36.9 Å². The lowest BCUT2D eigenvalue weighted by Gasteiger charge is -2.41. The zero-order valence-electron chi connectivity index (χ0n) is 11.9. The normalized spacial score (nSPS) is 23.3. The predicted octanol–water partition coefficient (Wildman–Crippen LogP) is 3.25. The summed E-state index contributed by atoms with van der Waals surface area (Å²) in [4.78, 5) is 2.44. The summed E-state index contributed by atoms with van der Waals surface area (Å²) in [6.45, 7) is 10.3. The smallest absolute Gasteiger partial charge is 0.0757 e. The van der Waals surface area contributed by atoms with Crippen LogP contribution in [0.3, 0.4) is 0 Å². The summed E-state index contributed by atoms with van der Waals surface area (Å²) in [5.74, 6) is 0. The van der Waals surface area contributed by atoms with Crippen LogP contribution in [0.15, 0.2) is 24.3 Å². The standard InChI is InChI=1S/C15H23ClN2O/c1-12-10-18(11-15(2,3)19-12)9-8-17-14-7-5-4-6-13(14)16/h4-7,12,17H,8-11H2,1-3H3. The van der Waals surface area contributed by atoms with Gasteiger partial charge in [-0.3, -0.25) is 4.90 Å². The molecule has 1 heterocycles. The maximum atomic E-state index is 6.12. The predicted molar refractivity (Wildman–Crippen MR) is 81.0 cm³/mol. The Morgan fingerprint density at radius 2 is 2.16 bits per heavy atom. The summed E-state index contributed by atoms with van der Waals surface area (Å²) in [6, 6.07) is 7.85. The third kappa shape index (κ3) is 4.37. The third-order valence-corrected chi connectivity index (χ3v) is 3.59. The molecule has 1 atom stereocenters. The van der Waals surface area contributed by atoms with Gasteiger partial charge in [0.05, 0.1) is 22.4 Å². The minimum atomic E-state index is -0.0535. The van der Waals surface area contributed by atoms with Crippen LogP contribution in [0.5, 0.6) is 0 Å². The number of rotatable bonds is 4. The van der Waals surface area contributed by atoms with Crippen LogP contribution in [-0.2, 0) is 4.74 Å². The van der Waals surface area contributed by atoms with Crippen LogP contribution in [0.25, 0.3) is 0 Å². The number of ether oxygens (including phenoxy) is 1. The Kier molecular flexibility index (Phi) is 4.71. The highest BCUT2D eigenvalue weighted by Gasteiger charge is 2.30. The van der Waals surface area contributed by atoms with Crippen molar-refractivity contribution in [3.63, 3.8) is 0 Å². The number of benzene rings is 1. The van der Waals surface area contributed by atoms with Crippen LogP contribution in [0.1, 0.15) is 20.8 Å². The van der Waals surface area contributed by atoms with Gasteiger partial charge in [0.2, 0.25) is 0 Å². The molecule has 0 bridgehead atoms. The summed E-state index contributed by atoms with van der Waals surface area (Å²) < 4.78 is 5.90. The molecule has 1 aliphatic heterocycles. The van der Waals surface area contributed by atoms with Crippen molar-refractivity contribution in [3.8, 4) is 0 Å². The van der Waals surface area contributed by atoms with Gasteiger partial charge in [-0.1, -0.05) is 23.7 Å². The Balaban J connectivity index is 1.81. The molecule has 19 heavy (non-hydrogen) atoms. The lowest BCUT2D eigenvalue weighted by molar-refractivity contribution is -0.127. The lowest BCUT2D eigenvalue weighted by atomic mass is 10.1. The van der Waals surface area contributed by atoms with E-state index in [1.54, 1.807) is 0 Å². The van der Waals surface area contributed by atoms with Gasteiger partial charge in [0.1, 0.15) is 0 Å². The average molecular weight is 283 g/mol. The maximum absolute atomic E-state index is 6.12. The summed E-state index contributed by atoms with van der Waals surface area (Å²) in [6.07, 6.45) is 0.295. The monoisotopic (exact) mass is 282 g/mol. The Morgan fingerprint density at radius 1 is 1.42 bits per heavy atom. The Labute approximate surface area is 120 Å². The van der Waals surface area contributed by atoms with E-state index in [4.69, 9.17) is 16.3 Å². The summed E-state index contributed by atoms with van der Waals surface area (Å²) in [5.41, 5.74) is 0.951. The SMILES string of the molecule is CC1CN(CCNc2ccccc2Cl)CC(C)(C)O1. The molecule has 1 unspecified atom stereocenters. The third-order valence-electron chi connectivity index (χ3n) is 3.26. The van der Waals surface area contributed by atoms with Gasteiger partial charge in [-0.2, -0.15) is 0 Å². The molecule has 2 rings (SSSR count). The molecule has 0 saturated carbocycles. The van der Waals surface area contributed by atoms with Crippen molar-refractivity contribution in [2.45, 2.75) is 32.5 Å². The minimum Gasteiger partial charge on any atom is -0.383 e. The van der Waals surface area contributed by atoms with E-state index in [2.05, 4.69) is 31.0 Å². The van der Waals surface area contributed by atoms with E-state index >= 15 is 0 Å². The molecule has 3 nitrogen and oxygen atoms in total. The number of anilines is 1. The fourth-order valence-electron chi connectivity index (χ4n) is 2.71. The first kappa shape index (κ1) is 14.6. The fraction of sp³-hybridized carbons (Fsp3) is 0.600. The maximum Gasteiger partial charge on any atom is 0.0757 e. The number of hydrogen-bond acceptors (Lipinski definition) is 3. The Hall–Kier alpha value is -0.770. The molecule has 0 radical (unpaired) electrons. The molecular formula is C15H23ClN2O. The van der Waals surface area contributed by atoms with Crippen molar-refractivity contribution in [2.75, 3.05) is 31.5 Å². The Bertz CT molecular complexity index is 422. The number of hydrogen-bond donors (Lipinski definition) is 1. The molecule has 1 aliphatic rings. The molecule has 4 heteroatoms. The minimum absolute atomic E-state index is 0.0535. The second kappa shape index (κ2) is 6.12. The first-order valence-corrected chi connectivity index (χ1v) is 7.23. The highest BCUT2D eigenvalue weighted by atomic mass is 35.5. The zero-order valence-corrected chi connectivity index (χ0v) is 12.7. The molecule has 0 aromatic heterocycles. The van der Waals surface area contributed by atoms with Crippen LogP contribution in [0, 0.1) is 0 Å². The largest absolute Gasteiger partial charge is 0.383 e. The van der Waals surface area contributed by atoms with E-state index in [9.17, 15) is 0 Å². The second-order valence-electron chi connectivity index (χ2n) is 5.83. The Morgan fingerprint density at radius 3 is 2.84 bits per heavy atom. The molecule has 0 spiro atoms. The van der Waals surface area contributed by atoms with Gasteiger partial charge in [0.15, 0.2) is 0 Å². The number of halogens is 1. The number of nitrogens with one attached hydrogen (secondary N) is 1. The fourth-order valence-corrected chi connectivity index (χ4v) is 2.91. The van der Waals surface area contributed by atoms with Crippen LogP contribution < -0.4 is 5.32 Å². The van der Waals surface area contributed by atoms with Crippen molar-refractivity contribution in [1.82, 2.24) is 4.90 Å². The first-order chi connectivity index (χ1) is 8.96. The quantitative estimate of drug-likeness (QED) is 0.917. The number of para-hydroxylation sites is 1. The van der Waals surface area contributed by atoms with Gasteiger partial charge < -0.3 is 10.1 Å². The van der Waals surface area contributed by atoms with Crippen LogP contribution >= 0.6 is 11.6 Å². The van der Waals surface area contributed by atoms with E-state index in [-0.39, 0.29) is 5.60 Å². The van der Waals surface area contributed by atoms with Crippen molar-refractivity contribution in [2.24, 2.45) is 0 Å². The highest BCUT2D eigenvalue weighted by molar-refractivity contribution is 6.33. The van der Waals surface area contributed by atoms with Crippen LogP contribution in [0.2, 0.25) is 5.02 Å². The molecule has 1 aromatic rings. The summed E-state index contributed by atoms with van der Waals surface area (Å²) >= 11 is 6.12. The summed E-state index contributed by atoms with van der Waals surface area (Å²) in [5, 5.41) is 4.16. The number of morpholine rings is 1. The van der Waals surface area contributed by atoms with Crippen LogP contribution in [-0.4, -0.2) is 42.8 Å². The van der Waals surface area contributed by atoms with Crippen molar-refractivity contribution >= 4 is 17.3 Å². The van der Waals surface area contributed by atoms with Gasteiger partial charge in [-0.25, -0.2) is 0 Å². The molecule has 1 N–H and O–H groups in total. The van der Waals surface area contributed by atoms with Gasteiger partial charge in [-0.05, 0) is 32.9 Å². The van der Waals surface area contributed by atoms with E-state index in [1.165, 1.54) is 0 Å². The molecule has 1 saturated heterocycles. The van der Waals surface area contributed by atoms with E-state index in [0.29, 0.717) is 6.10 Å². The van der Waals surface area contributed by atoms with Crippen LogP contribution in [0.4, 0.5) is 5.69 Å². The van der Waals surface area contributed by atoms with Gasteiger partial charge in [0.25, 0.3) is 0 Å². The summed E-state index contributed by atoms with van der Waals surface area (Å²) in [7, 11) is 0. The molecule has 0 aliphatic carbocycles. The molecule has 1 aromatic carbocycles. The van der Waals surface area contributed by atoms with Gasteiger partial charge >= 0.3 is 0 Å². The molecule has 0 amide bonds. The lowest BCUT2D eigenvalue weighted by Crippen LogP contribution is -2.52. The molecular weight excluding hydrogens is 260 g/mol. The topological polar surface area (TPSA) is 24.5 Å². The second-order valence-corrected chi connectivity index (χ2v) is 6.24. The zero-order chi connectivity index (χ0) is 13.9. The van der Waals surface area contributed by atoms with Gasteiger partial charge in [-0.15, -0.1) is 0 Å². The van der Waals surface area contributed by atoms with Crippen molar-refractivity contribution in [3.05, 3.63) is 29.3 Å². The highest BCUT2D eigenvalue weighted by Crippen LogP contribution is 2.22. The first-order valence-electron chi connectivity index (χ1n) is 6.85. The number of nitrogens with zero attached hydrogens (tertiary/aromatic N) is 1.